The number of aliphatic carboxylic acids is 1. The molecule has 146 valence electrons. The van der Waals surface area contributed by atoms with Gasteiger partial charge in [-0.3, -0.25) is 4.79 Å². The quantitative estimate of drug-likeness (QED) is 0.649. The highest BCUT2D eigenvalue weighted by Gasteiger charge is 2.12. The van der Waals surface area contributed by atoms with Crippen LogP contribution in [0, 0.1) is 6.92 Å². The van der Waals surface area contributed by atoms with Gasteiger partial charge in [-0.1, -0.05) is 18.2 Å². The number of carbonyl (C=O) groups is 1. The van der Waals surface area contributed by atoms with Crippen LogP contribution in [0.2, 0.25) is 0 Å². The maximum absolute atomic E-state index is 10.8. The second-order valence-corrected chi connectivity index (χ2v) is 6.16. The minimum Gasteiger partial charge on any atom is -0.486 e. The van der Waals surface area contributed by atoms with Gasteiger partial charge < -0.3 is 20.1 Å². The fourth-order valence-corrected chi connectivity index (χ4v) is 2.69. The van der Waals surface area contributed by atoms with Crippen LogP contribution in [0.25, 0.3) is 11.0 Å². The topological polar surface area (TPSA) is 90.4 Å². The van der Waals surface area contributed by atoms with E-state index >= 15 is 0 Å². The third kappa shape index (κ3) is 5.35. The van der Waals surface area contributed by atoms with Crippen molar-refractivity contribution in [1.29, 1.82) is 0 Å². The van der Waals surface area contributed by atoms with E-state index in [0.29, 0.717) is 18.8 Å². The Morgan fingerprint density at radius 2 is 1.89 bits per heavy atom. The number of fused-ring (bicyclic) bond motifs is 1. The first-order valence-electron chi connectivity index (χ1n) is 8.06. The van der Waals surface area contributed by atoms with Crippen molar-refractivity contribution in [3.63, 3.8) is 0 Å². The summed E-state index contributed by atoms with van der Waals surface area (Å²) in [5.74, 6) is 0.547. The first-order chi connectivity index (χ1) is 11.9. The average molecular weight is 412 g/mol. The zero-order chi connectivity index (χ0) is 18.0. The highest BCUT2D eigenvalue weighted by Crippen LogP contribution is 2.19. The number of imidazole rings is 1. The van der Waals surface area contributed by atoms with Gasteiger partial charge in [0.05, 0.1) is 11.0 Å². The lowest BCUT2D eigenvalue weighted by Crippen LogP contribution is -2.32. The molecule has 1 aromatic heterocycles. The number of nitrogens with two attached hydrogens (primary N) is 1. The summed E-state index contributed by atoms with van der Waals surface area (Å²) in [4.78, 5) is 15.4. The molecule has 0 amide bonds. The van der Waals surface area contributed by atoms with Crippen molar-refractivity contribution in [1.82, 2.24) is 9.55 Å². The van der Waals surface area contributed by atoms with E-state index in [-0.39, 0.29) is 24.8 Å². The van der Waals surface area contributed by atoms with E-state index in [9.17, 15) is 4.79 Å². The Kier molecular flexibility index (Phi) is 8.09. The maximum atomic E-state index is 10.8. The molecular weight excluding hydrogens is 389 g/mol. The third-order valence-corrected chi connectivity index (χ3v) is 4.19. The van der Waals surface area contributed by atoms with Crippen molar-refractivity contribution in [3.8, 4) is 5.75 Å². The molecule has 0 saturated carbocycles. The van der Waals surface area contributed by atoms with Crippen LogP contribution in [0.15, 0.2) is 42.5 Å². The monoisotopic (exact) mass is 411 g/mol. The van der Waals surface area contributed by atoms with Crippen LogP contribution in [0.5, 0.6) is 5.75 Å². The summed E-state index contributed by atoms with van der Waals surface area (Å²) in [5.41, 5.74) is 9.63. The molecule has 0 bridgehead atoms. The molecule has 3 rings (SSSR count). The standard InChI is InChI=1S/C19H21N3O3.2ClH/c1-12-3-8-16-17(9-12)22(2)18(21-16)11-25-14-6-4-13(5-7-14)10-15(20)19(23)24;;/h3-9,15H,10-11,20H2,1-2H3,(H,23,24);2*1H. The molecule has 0 aliphatic rings. The van der Waals surface area contributed by atoms with Gasteiger partial charge in [-0.05, 0) is 48.7 Å². The van der Waals surface area contributed by atoms with Crippen molar-refractivity contribution in [2.45, 2.75) is 26.0 Å². The molecule has 1 unspecified atom stereocenters. The van der Waals surface area contributed by atoms with E-state index < -0.39 is 12.0 Å². The number of nitrogens with zero attached hydrogens (tertiary/aromatic N) is 2. The van der Waals surface area contributed by atoms with Crippen LogP contribution in [0.1, 0.15) is 17.0 Å². The Bertz CT molecular complexity index is 910. The molecule has 1 heterocycles. The van der Waals surface area contributed by atoms with Crippen molar-refractivity contribution in [3.05, 3.63) is 59.4 Å². The van der Waals surface area contributed by atoms with Crippen molar-refractivity contribution < 1.29 is 14.6 Å². The number of ether oxygens (including phenoxy) is 1. The number of carboxylic acid groups (broad SMARTS) is 1. The molecule has 0 aliphatic heterocycles. The number of benzene rings is 2. The summed E-state index contributed by atoms with van der Waals surface area (Å²) < 4.78 is 7.84. The lowest BCUT2D eigenvalue weighted by atomic mass is 10.1. The van der Waals surface area contributed by atoms with Gasteiger partial charge in [0.25, 0.3) is 0 Å². The van der Waals surface area contributed by atoms with E-state index in [1.165, 1.54) is 5.56 Å². The van der Waals surface area contributed by atoms with Crippen LogP contribution in [-0.2, 0) is 24.9 Å². The molecule has 0 fully saturated rings. The summed E-state index contributed by atoms with van der Waals surface area (Å²) in [7, 11) is 1.98. The molecule has 8 heteroatoms. The minimum atomic E-state index is -1.00. The summed E-state index contributed by atoms with van der Waals surface area (Å²) in [6.07, 6.45) is 0.291. The van der Waals surface area contributed by atoms with Gasteiger partial charge in [0.15, 0.2) is 0 Å². The van der Waals surface area contributed by atoms with Gasteiger partial charge in [0.1, 0.15) is 24.2 Å². The minimum absolute atomic E-state index is 0. The summed E-state index contributed by atoms with van der Waals surface area (Å²) in [6.45, 7) is 2.42. The van der Waals surface area contributed by atoms with Crippen molar-refractivity contribution >= 4 is 41.8 Å². The number of rotatable bonds is 6. The fourth-order valence-electron chi connectivity index (χ4n) is 2.69. The van der Waals surface area contributed by atoms with Gasteiger partial charge in [0.2, 0.25) is 0 Å². The molecular formula is C19H23Cl2N3O3. The number of halogens is 2. The first-order valence-corrected chi connectivity index (χ1v) is 8.06. The third-order valence-electron chi connectivity index (χ3n) is 4.19. The number of hydrogen-bond acceptors (Lipinski definition) is 4. The van der Waals surface area contributed by atoms with Gasteiger partial charge in [-0.2, -0.15) is 0 Å². The smallest absolute Gasteiger partial charge is 0.320 e. The van der Waals surface area contributed by atoms with E-state index in [4.69, 9.17) is 15.6 Å². The van der Waals surface area contributed by atoms with E-state index in [1.54, 1.807) is 0 Å². The SMILES string of the molecule is Cc1ccc2nc(COc3ccc(CC(N)C(=O)O)cc3)n(C)c2c1.Cl.Cl. The lowest BCUT2D eigenvalue weighted by Gasteiger charge is -2.09. The van der Waals surface area contributed by atoms with Crippen molar-refractivity contribution in [2.75, 3.05) is 0 Å². The Labute approximate surface area is 170 Å². The predicted molar refractivity (Wildman–Crippen MR) is 110 cm³/mol. The predicted octanol–water partition coefficient (Wildman–Crippen LogP) is 3.26. The number of aromatic nitrogens is 2. The number of carboxylic acids is 1. The fraction of sp³-hybridized carbons (Fsp3) is 0.263. The maximum Gasteiger partial charge on any atom is 0.320 e. The molecule has 6 nitrogen and oxygen atoms in total. The molecule has 3 N–H and O–H groups in total. The molecule has 0 radical (unpaired) electrons. The first kappa shape index (κ1) is 22.8. The summed E-state index contributed by atoms with van der Waals surface area (Å²) >= 11 is 0. The highest BCUT2D eigenvalue weighted by molar-refractivity contribution is 5.85. The van der Waals surface area contributed by atoms with Crippen LogP contribution in [0.3, 0.4) is 0 Å². The zero-order valence-electron chi connectivity index (χ0n) is 15.1. The largest absolute Gasteiger partial charge is 0.486 e. The highest BCUT2D eigenvalue weighted by atomic mass is 35.5. The Balaban J connectivity index is 0.00000182. The zero-order valence-corrected chi connectivity index (χ0v) is 16.7. The van der Waals surface area contributed by atoms with Crippen LogP contribution in [0.4, 0.5) is 0 Å². The van der Waals surface area contributed by atoms with Crippen LogP contribution in [-0.4, -0.2) is 26.7 Å². The second-order valence-electron chi connectivity index (χ2n) is 6.16. The second kappa shape index (κ2) is 9.60. The van der Waals surface area contributed by atoms with E-state index in [2.05, 4.69) is 18.0 Å². The molecule has 3 aromatic rings. The van der Waals surface area contributed by atoms with E-state index in [1.807, 2.05) is 48.0 Å². The molecule has 1 atom stereocenters. The van der Waals surface area contributed by atoms with Gasteiger partial charge in [0, 0.05) is 7.05 Å². The van der Waals surface area contributed by atoms with Crippen LogP contribution < -0.4 is 10.5 Å². The Morgan fingerprint density at radius 3 is 2.52 bits per heavy atom. The van der Waals surface area contributed by atoms with Gasteiger partial charge >= 0.3 is 5.97 Å². The number of hydrogen-bond donors (Lipinski definition) is 2. The average Bonchev–Trinajstić information content (AvgIpc) is 2.90. The number of aryl methyl sites for hydroxylation is 2. The van der Waals surface area contributed by atoms with Crippen molar-refractivity contribution in [2.24, 2.45) is 12.8 Å². The Morgan fingerprint density at radius 1 is 1.22 bits per heavy atom. The van der Waals surface area contributed by atoms with Gasteiger partial charge in [-0.25, -0.2) is 4.98 Å². The normalized spacial score (nSPS) is 11.4. The van der Waals surface area contributed by atoms with Crippen LogP contribution >= 0.6 is 24.8 Å². The Hall–Kier alpha value is -2.28. The molecule has 0 aliphatic carbocycles. The molecule has 0 spiro atoms. The molecule has 0 saturated heterocycles. The van der Waals surface area contributed by atoms with Gasteiger partial charge in [-0.15, -0.1) is 24.8 Å². The summed E-state index contributed by atoms with van der Waals surface area (Å²) in [6, 6.07) is 12.6. The van der Waals surface area contributed by atoms with E-state index in [0.717, 1.165) is 22.4 Å². The molecule has 2 aromatic carbocycles. The molecule has 27 heavy (non-hydrogen) atoms. The summed E-state index contributed by atoms with van der Waals surface area (Å²) in [5, 5.41) is 8.85. The lowest BCUT2D eigenvalue weighted by molar-refractivity contribution is -0.138.